The van der Waals surface area contributed by atoms with E-state index in [0.717, 1.165) is 18.5 Å². The van der Waals surface area contributed by atoms with Crippen molar-refractivity contribution in [3.63, 3.8) is 0 Å². The molecular weight excluding hydrogens is 329 g/mol. The average molecular weight is 346 g/mol. The predicted octanol–water partition coefficient (Wildman–Crippen LogP) is 3.25. The van der Waals surface area contributed by atoms with Gasteiger partial charge in [-0.25, -0.2) is 14.4 Å². The molecule has 1 aromatic carbocycles. The van der Waals surface area contributed by atoms with Gasteiger partial charge in [0, 0.05) is 25.0 Å². The highest BCUT2D eigenvalue weighted by molar-refractivity contribution is 6.30. The van der Waals surface area contributed by atoms with E-state index in [4.69, 9.17) is 16.9 Å². The number of halogens is 2. The van der Waals surface area contributed by atoms with Crippen LogP contribution in [-0.4, -0.2) is 35.0 Å². The van der Waals surface area contributed by atoms with E-state index in [9.17, 15) is 4.39 Å². The SMILES string of the molecule is CN1CC[C@H](CNc2nccnc2C#N)[C@H]1c1ccc(Cl)c(F)c1. The molecule has 1 aliphatic heterocycles. The molecule has 0 spiro atoms. The molecule has 0 radical (unpaired) electrons. The topological polar surface area (TPSA) is 64.8 Å². The zero-order chi connectivity index (χ0) is 17.1. The lowest BCUT2D eigenvalue weighted by Crippen LogP contribution is -2.25. The highest BCUT2D eigenvalue weighted by Gasteiger charge is 2.33. The first-order valence-electron chi connectivity index (χ1n) is 7.70. The summed E-state index contributed by atoms with van der Waals surface area (Å²) < 4.78 is 13.8. The van der Waals surface area contributed by atoms with Crippen molar-refractivity contribution in [2.24, 2.45) is 5.92 Å². The summed E-state index contributed by atoms with van der Waals surface area (Å²) in [4.78, 5) is 10.4. The minimum absolute atomic E-state index is 0.0893. The highest BCUT2D eigenvalue weighted by atomic mass is 35.5. The molecule has 2 aromatic rings. The molecule has 1 aliphatic rings. The molecule has 0 aliphatic carbocycles. The van der Waals surface area contributed by atoms with Gasteiger partial charge in [-0.2, -0.15) is 5.26 Å². The molecule has 0 amide bonds. The second-order valence-corrected chi connectivity index (χ2v) is 6.30. The van der Waals surface area contributed by atoms with Crippen LogP contribution in [0.15, 0.2) is 30.6 Å². The largest absolute Gasteiger partial charge is 0.367 e. The van der Waals surface area contributed by atoms with Crippen LogP contribution in [0.1, 0.15) is 23.7 Å². The van der Waals surface area contributed by atoms with E-state index in [0.29, 0.717) is 12.4 Å². The van der Waals surface area contributed by atoms with Crippen LogP contribution in [0.4, 0.5) is 10.2 Å². The first kappa shape index (κ1) is 16.6. The molecule has 1 aromatic heterocycles. The van der Waals surface area contributed by atoms with Crippen molar-refractivity contribution < 1.29 is 4.39 Å². The number of hydrogen-bond donors (Lipinski definition) is 1. The van der Waals surface area contributed by atoms with Gasteiger partial charge in [0.2, 0.25) is 0 Å². The second kappa shape index (κ2) is 7.12. The van der Waals surface area contributed by atoms with Crippen molar-refractivity contribution in [3.05, 3.63) is 52.7 Å². The Kier molecular flexibility index (Phi) is 4.93. The standard InChI is InChI=1S/C17H17ClFN5/c1-24-7-4-12(10-23-17-15(9-20)21-5-6-22-17)16(24)11-2-3-13(18)14(19)8-11/h2-3,5-6,8,12,16H,4,7,10H2,1H3,(H,22,23)/t12-,16-/m1/s1. The first-order chi connectivity index (χ1) is 11.6. The Labute approximate surface area is 145 Å². The molecule has 24 heavy (non-hydrogen) atoms. The fourth-order valence-electron chi connectivity index (χ4n) is 3.24. The molecule has 5 nitrogen and oxygen atoms in total. The van der Waals surface area contributed by atoms with Gasteiger partial charge in [-0.05, 0) is 43.6 Å². The Morgan fingerprint density at radius 1 is 1.42 bits per heavy atom. The normalized spacial score (nSPS) is 20.8. The van der Waals surface area contributed by atoms with E-state index < -0.39 is 5.82 Å². The summed E-state index contributed by atoms with van der Waals surface area (Å²) >= 11 is 5.79. The van der Waals surface area contributed by atoms with Crippen LogP contribution in [-0.2, 0) is 0 Å². The molecular formula is C17H17ClFN5. The van der Waals surface area contributed by atoms with Gasteiger partial charge in [-0.15, -0.1) is 0 Å². The molecule has 3 rings (SSSR count). The molecule has 2 atom stereocenters. The van der Waals surface area contributed by atoms with E-state index in [1.54, 1.807) is 12.3 Å². The number of rotatable bonds is 4. The number of nitrogens with one attached hydrogen (secondary N) is 1. The summed E-state index contributed by atoms with van der Waals surface area (Å²) in [7, 11) is 2.03. The van der Waals surface area contributed by atoms with E-state index in [1.807, 2.05) is 19.2 Å². The van der Waals surface area contributed by atoms with Crippen LogP contribution in [0.5, 0.6) is 0 Å². The zero-order valence-corrected chi connectivity index (χ0v) is 14.0. The van der Waals surface area contributed by atoms with Crippen LogP contribution >= 0.6 is 11.6 Å². The predicted molar refractivity (Wildman–Crippen MR) is 90.1 cm³/mol. The van der Waals surface area contributed by atoms with Crippen LogP contribution in [0, 0.1) is 23.1 Å². The van der Waals surface area contributed by atoms with Crippen molar-refractivity contribution in [1.29, 1.82) is 5.26 Å². The van der Waals surface area contributed by atoms with Crippen molar-refractivity contribution in [2.75, 3.05) is 25.5 Å². The van der Waals surface area contributed by atoms with Gasteiger partial charge in [-0.3, -0.25) is 4.90 Å². The summed E-state index contributed by atoms with van der Waals surface area (Å²) in [5, 5.41) is 12.4. The second-order valence-electron chi connectivity index (χ2n) is 5.89. The summed E-state index contributed by atoms with van der Waals surface area (Å²) in [6.45, 7) is 1.56. The average Bonchev–Trinajstić information content (AvgIpc) is 2.96. The lowest BCUT2D eigenvalue weighted by molar-refractivity contribution is 0.281. The van der Waals surface area contributed by atoms with Gasteiger partial charge in [0.1, 0.15) is 11.9 Å². The van der Waals surface area contributed by atoms with Gasteiger partial charge < -0.3 is 5.32 Å². The minimum Gasteiger partial charge on any atom is -0.367 e. The molecule has 7 heteroatoms. The highest BCUT2D eigenvalue weighted by Crippen LogP contribution is 2.37. The number of aromatic nitrogens is 2. The lowest BCUT2D eigenvalue weighted by atomic mass is 9.93. The molecule has 1 saturated heterocycles. The zero-order valence-electron chi connectivity index (χ0n) is 13.2. The third kappa shape index (κ3) is 3.32. The Morgan fingerprint density at radius 3 is 2.96 bits per heavy atom. The molecule has 124 valence electrons. The lowest BCUT2D eigenvalue weighted by Gasteiger charge is -2.26. The number of hydrogen-bond acceptors (Lipinski definition) is 5. The first-order valence-corrected chi connectivity index (χ1v) is 8.08. The number of nitriles is 1. The molecule has 1 N–H and O–H groups in total. The van der Waals surface area contributed by atoms with Gasteiger partial charge in [0.15, 0.2) is 11.5 Å². The third-order valence-electron chi connectivity index (χ3n) is 4.40. The maximum absolute atomic E-state index is 13.8. The molecule has 1 fully saturated rings. The monoisotopic (exact) mass is 345 g/mol. The van der Waals surface area contributed by atoms with Crippen molar-refractivity contribution in [2.45, 2.75) is 12.5 Å². The molecule has 2 heterocycles. The number of anilines is 1. The fraction of sp³-hybridized carbons (Fsp3) is 0.353. The van der Waals surface area contributed by atoms with E-state index in [2.05, 4.69) is 20.2 Å². The Hall–Kier alpha value is -2.23. The summed E-state index contributed by atoms with van der Waals surface area (Å²) in [5.41, 5.74) is 1.18. The van der Waals surface area contributed by atoms with Gasteiger partial charge in [-0.1, -0.05) is 17.7 Å². The fourth-order valence-corrected chi connectivity index (χ4v) is 3.36. The maximum Gasteiger partial charge on any atom is 0.182 e. The van der Waals surface area contributed by atoms with E-state index in [-0.39, 0.29) is 22.7 Å². The Balaban J connectivity index is 1.77. The van der Waals surface area contributed by atoms with Crippen molar-refractivity contribution in [3.8, 4) is 6.07 Å². The molecule has 0 saturated carbocycles. The Morgan fingerprint density at radius 2 is 2.21 bits per heavy atom. The van der Waals surface area contributed by atoms with Crippen molar-refractivity contribution >= 4 is 17.4 Å². The third-order valence-corrected chi connectivity index (χ3v) is 4.70. The molecule has 0 bridgehead atoms. The smallest absolute Gasteiger partial charge is 0.182 e. The summed E-state index contributed by atoms with van der Waals surface area (Å²) in [6.07, 6.45) is 4.02. The van der Waals surface area contributed by atoms with Crippen LogP contribution in [0.25, 0.3) is 0 Å². The number of likely N-dealkylation sites (tertiary alicyclic amines) is 1. The maximum atomic E-state index is 13.8. The molecule has 0 unspecified atom stereocenters. The number of benzene rings is 1. The minimum atomic E-state index is -0.401. The van der Waals surface area contributed by atoms with Crippen LogP contribution < -0.4 is 5.32 Å². The Bertz CT molecular complexity index is 776. The van der Waals surface area contributed by atoms with E-state index in [1.165, 1.54) is 12.3 Å². The number of nitrogens with zero attached hydrogens (tertiary/aromatic N) is 4. The van der Waals surface area contributed by atoms with E-state index >= 15 is 0 Å². The van der Waals surface area contributed by atoms with Crippen molar-refractivity contribution in [1.82, 2.24) is 14.9 Å². The van der Waals surface area contributed by atoms with Crippen LogP contribution in [0.2, 0.25) is 5.02 Å². The van der Waals surface area contributed by atoms with Crippen LogP contribution in [0.3, 0.4) is 0 Å². The quantitative estimate of drug-likeness (QED) is 0.921. The van der Waals surface area contributed by atoms with Gasteiger partial charge >= 0.3 is 0 Å². The summed E-state index contributed by atoms with van der Waals surface area (Å²) in [5.74, 6) is 0.349. The summed E-state index contributed by atoms with van der Waals surface area (Å²) in [6, 6.07) is 7.09. The van der Waals surface area contributed by atoms with Gasteiger partial charge in [0.05, 0.1) is 5.02 Å². The van der Waals surface area contributed by atoms with Gasteiger partial charge in [0.25, 0.3) is 0 Å².